The van der Waals surface area contributed by atoms with Gasteiger partial charge in [-0.2, -0.15) is 0 Å². The van der Waals surface area contributed by atoms with Gasteiger partial charge in [-0.1, -0.05) is 49.6 Å². The average Bonchev–Trinajstić information content (AvgIpc) is 2.41. The highest BCUT2D eigenvalue weighted by Gasteiger charge is 2.20. The first-order valence-corrected chi connectivity index (χ1v) is 6.63. The Bertz CT molecular complexity index is 341. The minimum Gasteiger partial charge on any atom is -0.306 e. The maximum Gasteiger partial charge on any atom is 0.149 e. The third kappa shape index (κ3) is 3.97. The molecule has 1 aromatic carbocycles. The number of carbonyl (C=O) groups excluding carboxylic acids is 1. The van der Waals surface area contributed by atoms with Gasteiger partial charge in [-0.25, -0.2) is 0 Å². The third-order valence-corrected chi connectivity index (χ3v) is 3.53. The van der Waals surface area contributed by atoms with E-state index in [2.05, 4.69) is 17.4 Å². The summed E-state index contributed by atoms with van der Waals surface area (Å²) >= 11 is 0. The van der Waals surface area contributed by atoms with E-state index in [0.29, 0.717) is 18.2 Å². The van der Waals surface area contributed by atoms with Gasteiger partial charge in [-0.15, -0.1) is 0 Å². The molecule has 17 heavy (non-hydrogen) atoms. The number of hydrogen-bond donors (Lipinski definition) is 1. The molecule has 0 spiro atoms. The summed E-state index contributed by atoms with van der Waals surface area (Å²) in [6, 6.07) is 10.2. The van der Waals surface area contributed by atoms with Crippen molar-refractivity contribution in [2.45, 2.75) is 38.6 Å². The first-order valence-electron chi connectivity index (χ1n) is 6.63. The smallest absolute Gasteiger partial charge is 0.149 e. The molecule has 0 unspecified atom stereocenters. The zero-order chi connectivity index (χ0) is 11.9. The van der Waals surface area contributed by atoms with E-state index in [9.17, 15) is 4.79 Å². The van der Waals surface area contributed by atoms with Gasteiger partial charge in [0.05, 0.1) is 6.54 Å². The molecule has 0 aromatic heterocycles. The van der Waals surface area contributed by atoms with E-state index in [4.69, 9.17) is 0 Å². The Morgan fingerprint density at radius 1 is 1.12 bits per heavy atom. The summed E-state index contributed by atoms with van der Waals surface area (Å²) in [7, 11) is 0. The van der Waals surface area contributed by atoms with E-state index < -0.39 is 0 Å². The topological polar surface area (TPSA) is 29.1 Å². The van der Waals surface area contributed by atoms with Crippen LogP contribution in [0.25, 0.3) is 0 Å². The number of ketones is 1. The molecule has 1 fully saturated rings. The van der Waals surface area contributed by atoms with Crippen molar-refractivity contribution in [1.29, 1.82) is 0 Å². The van der Waals surface area contributed by atoms with Crippen LogP contribution >= 0.6 is 0 Å². The molecule has 0 atom stereocenters. The molecule has 92 valence electrons. The molecule has 1 aromatic rings. The molecular weight excluding hydrogens is 210 g/mol. The van der Waals surface area contributed by atoms with Crippen LogP contribution in [0.5, 0.6) is 0 Å². The lowest BCUT2D eigenvalue weighted by Gasteiger charge is -2.20. The predicted molar refractivity (Wildman–Crippen MR) is 69.7 cm³/mol. The standard InChI is InChI=1S/C15H21NO/c17-15(14-9-5-2-6-10-14)12-16-11-13-7-3-1-4-8-13/h1,3-4,7-8,14,16H,2,5-6,9-12H2. The summed E-state index contributed by atoms with van der Waals surface area (Å²) in [4.78, 5) is 11.9. The fraction of sp³-hybridized carbons (Fsp3) is 0.533. The van der Waals surface area contributed by atoms with Crippen molar-refractivity contribution in [3.63, 3.8) is 0 Å². The zero-order valence-corrected chi connectivity index (χ0v) is 10.3. The molecule has 1 aliphatic carbocycles. The first kappa shape index (κ1) is 12.3. The van der Waals surface area contributed by atoms with E-state index in [1.807, 2.05) is 18.2 Å². The van der Waals surface area contributed by atoms with Gasteiger partial charge < -0.3 is 5.32 Å². The molecule has 0 heterocycles. The van der Waals surface area contributed by atoms with Crippen molar-refractivity contribution < 1.29 is 4.79 Å². The monoisotopic (exact) mass is 231 g/mol. The highest BCUT2D eigenvalue weighted by molar-refractivity contribution is 5.83. The van der Waals surface area contributed by atoms with Gasteiger partial charge >= 0.3 is 0 Å². The second-order valence-electron chi connectivity index (χ2n) is 4.89. The van der Waals surface area contributed by atoms with Crippen LogP contribution in [-0.2, 0) is 11.3 Å². The molecule has 0 bridgehead atoms. The fourth-order valence-electron chi connectivity index (χ4n) is 2.49. The highest BCUT2D eigenvalue weighted by Crippen LogP contribution is 2.23. The zero-order valence-electron chi connectivity index (χ0n) is 10.3. The Morgan fingerprint density at radius 3 is 2.53 bits per heavy atom. The maximum absolute atomic E-state index is 11.9. The van der Waals surface area contributed by atoms with Gasteiger partial charge in [-0.3, -0.25) is 4.79 Å². The van der Waals surface area contributed by atoms with E-state index in [1.54, 1.807) is 0 Å². The van der Waals surface area contributed by atoms with E-state index >= 15 is 0 Å². The minimum absolute atomic E-state index is 0.326. The summed E-state index contributed by atoms with van der Waals surface area (Å²) in [6.45, 7) is 1.32. The Morgan fingerprint density at radius 2 is 1.82 bits per heavy atom. The van der Waals surface area contributed by atoms with Gasteiger partial charge in [0.25, 0.3) is 0 Å². The van der Waals surface area contributed by atoms with Crippen molar-refractivity contribution >= 4 is 5.78 Å². The van der Waals surface area contributed by atoms with Crippen LogP contribution in [0.15, 0.2) is 30.3 Å². The molecule has 1 aliphatic rings. The van der Waals surface area contributed by atoms with Crippen LogP contribution in [-0.4, -0.2) is 12.3 Å². The quantitative estimate of drug-likeness (QED) is 0.844. The number of hydrogen-bond acceptors (Lipinski definition) is 2. The number of carbonyl (C=O) groups is 1. The molecule has 0 amide bonds. The van der Waals surface area contributed by atoms with Crippen LogP contribution < -0.4 is 5.32 Å². The maximum atomic E-state index is 11.9. The van der Waals surface area contributed by atoms with Crippen LogP contribution in [0, 0.1) is 5.92 Å². The van der Waals surface area contributed by atoms with Crippen molar-refractivity contribution in [3.05, 3.63) is 35.9 Å². The normalized spacial score (nSPS) is 16.9. The Balaban J connectivity index is 1.69. The second-order valence-corrected chi connectivity index (χ2v) is 4.89. The van der Waals surface area contributed by atoms with Crippen LogP contribution in [0.4, 0.5) is 0 Å². The van der Waals surface area contributed by atoms with Crippen molar-refractivity contribution in [1.82, 2.24) is 5.32 Å². The van der Waals surface area contributed by atoms with Crippen molar-refractivity contribution in [2.24, 2.45) is 5.92 Å². The lowest BCUT2D eigenvalue weighted by Crippen LogP contribution is -2.29. The molecule has 1 saturated carbocycles. The first-order chi connectivity index (χ1) is 8.36. The molecular formula is C15H21NO. The minimum atomic E-state index is 0.326. The summed E-state index contributed by atoms with van der Waals surface area (Å²) in [5.41, 5.74) is 1.24. The Kier molecular flexibility index (Phi) is 4.75. The van der Waals surface area contributed by atoms with E-state index in [0.717, 1.165) is 19.4 Å². The lowest BCUT2D eigenvalue weighted by molar-refractivity contribution is -0.122. The average molecular weight is 231 g/mol. The van der Waals surface area contributed by atoms with Crippen molar-refractivity contribution in [3.8, 4) is 0 Å². The summed E-state index contributed by atoms with van der Waals surface area (Å²) in [6.07, 6.45) is 5.98. The summed E-state index contributed by atoms with van der Waals surface area (Å²) < 4.78 is 0. The van der Waals surface area contributed by atoms with Gasteiger partial charge in [0.15, 0.2) is 0 Å². The molecule has 0 saturated heterocycles. The Labute approximate surface area is 103 Å². The van der Waals surface area contributed by atoms with Crippen molar-refractivity contribution in [2.75, 3.05) is 6.54 Å². The molecule has 0 aliphatic heterocycles. The highest BCUT2D eigenvalue weighted by atomic mass is 16.1. The summed E-state index contributed by atoms with van der Waals surface area (Å²) in [5, 5.41) is 3.25. The molecule has 0 radical (unpaired) electrons. The van der Waals surface area contributed by atoms with Gasteiger partial charge in [0, 0.05) is 12.5 Å². The second kappa shape index (κ2) is 6.55. The largest absolute Gasteiger partial charge is 0.306 e. The molecule has 2 heteroatoms. The van der Waals surface area contributed by atoms with Gasteiger partial charge in [0.2, 0.25) is 0 Å². The fourth-order valence-corrected chi connectivity index (χ4v) is 2.49. The van der Waals surface area contributed by atoms with E-state index in [-0.39, 0.29) is 0 Å². The van der Waals surface area contributed by atoms with Gasteiger partial charge in [-0.05, 0) is 18.4 Å². The molecule has 1 N–H and O–H groups in total. The molecule has 2 nitrogen and oxygen atoms in total. The summed E-state index contributed by atoms with van der Waals surface area (Å²) in [5.74, 6) is 0.729. The lowest BCUT2D eigenvalue weighted by atomic mass is 9.86. The molecule has 2 rings (SSSR count). The van der Waals surface area contributed by atoms with Crippen LogP contribution in [0.1, 0.15) is 37.7 Å². The predicted octanol–water partition coefficient (Wildman–Crippen LogP) is 2.93. The number of benzene rings is 1. The number of rotatable bonds is 5. The number of nitrogens with one attached hydrogen (secondary N) is 1. The van der Waals surface area contributed by atoms with Gasteiger partial charge in [0.1, 0.15) is 5.78 Å². The van der Waals surface area contributed by atoms with Crippen LogP contribution in [0.2, 0.25) is 0 Å². The Hall–Kier alpha value is -1.15. The van der Waals surface area contributed by atoms with Crippen LogP contribution in [0.3, 0.4) is 0 Å². The third-order valence-electron chi connectivity index (χ3n) is 3.53. The SMILES string of the molecule is O=C(CNCc1ccccc1)C1CCCCC1. The van der Waals surface area contributed by atoms with E-state index in [1.165, 1.54) is 24.8 Å². The number of Topliss-reactive ketones (excluding diaryl/α,β-unsaturated/α-hetero) is 1.